The molecule has 2 nitrogen and oxygen atoms in total. The van der Waals surface area contributed by atoms with Gasteiger partial charge in [-0.1, -0.05) is 29.3 Å². The smallest absolute Gasteiger partial charge is 0.201 e. The highest BCUT2D eigenvalue weighted by Crippen LogP contribution is 2.38. The standard InChI is InChI=1S/C12H7Cl2F2NO/c13-7-4-6(17)5-8(14)12(7)18-10-3-1-2-9(15)11(10)16/h1-5H,17H2. The summed E-state index contributed by atoms with van der Waals surface area (Å²) in [5.74, 6) is -2.41. The third kappa shape index (κ3) is 2.49. The first kappa shape index (κ1) is 12.9. The first-order valence-electron chi connectivity index (χ1n) is 4.85. The van der Waals surface area contributed by atoms with Crippen molar-refractivity contribution >= 4 is 28.9 Å². The van der Waals surface area contributed by atoms with E-state index in [-0.39, 0.29) is 21.5 Å². The molecule has 2 N–H and O–H groups in total. The van der Waals surface area contributed by atoms with Gasteiger partial charge in [0.05, 0.1) is 10.0 Å². The monoisotopic (exact) mass is 289 g/mol. The van der Waals surface area contributed by atoms with E-state index in [2.05, 4.69) is 0 Å². The van der Waals surface area contributed by atoms with Crippen LogP contribution in [0.1, 0.15) is 0 Å². The summed E-state index contributed by atoms with van der Waals surface area (Å²) in [7, 11) is 0. The van der Waals surface area contributed by atoms with E-state index in [0.29, 0.717) is 5.69 Å². The number of nitrogens with two attached hydrogens (primary N) is 1. The third-order valence-corrected chi connectivity index (χ3v) is 2.71. The molecule has 0 aromatic heterocycles. The number of hydrogen-bond acceptors (Lipinski definition) is 2. The van der Waals surface area contributed by atoms with Gasteiger partial charge in [0.2, 0.25) is 5.82 Å². The van der Waals surface area contributed by atoms with Gasteiger partial charge in [0.25, 0.3) is 0 Å². The van der Waals surface area contributed by atoms with Crippen molar-refractivity contribution in [3.05, 3.63) is 52.0 Å². The average Bonchev–Trinajstić information content (AvgIpc) is 2.28. The largest absolute Gasteiger partial charge is 0.451 e. The second-order valence-corrected chi connectivity index (χ2v) is 4.28. The van der Waals surface area contributed by atoms with Crippen molar-refractivity contribution < 1.29 is 13.5 Å². The molecule has 0 saturated heterocycles. The molecule has 94 valence electrons. The van der Waals surface area contributed by atoms with Crippen molar-refractivity contribution in [3.63, 3.8) is 0 Å². The highest BCUT2D eigenvalue weighted by Gasteiger charge is 2.14. The number of benzene rings is 2. The molecule has 0 spiro atoms. The number of halogens is 4. The Morgan fingerprint density at radius 1 is 1.06 bits per heavy atom. The van der Waals surface area contributed by atoms with E-state index < -0.39 is 11.6 Å². The normalized spacial score (nSPS) is 10.4. The minimum Gasteiger partial charge on any atom is -0.451 e. The fourth-order valence-electron chi connectivity index (χ4n) is 1.35. The van der Waals surface area contributed by atoms with Crippen LogP contribution in [0.3, 0.4) is 0 Å². The second-order valence-electron chi connectivity index (χ2n) is 3.47. The number of anilines is 1. The molecule has 0 aliphatic carbocycles. The highest BCUT2D eigenvalue weighted by molar-refractivity contribution is 6.37. The Hall–Kier alpha value is -1.52. The summed E-state index contributed by atoms with van der Waals surface area (Å²) in [4.78, 5) is 0. The zero-order chi connectivity index (χ0) is 13.3. The summed E-state index contributed by atoms with van der Waals surface area (Å²) in [6.45, 7) is 0. The molecule has 2 aromatic carbocycles. The predicted octanol–water partition coefficient (Wildman–Crippen LogP) is 4.65. The lowest BCUT2D eigenvalue weighted by Crippen LogP contribution is -1.94. The topological polar surface area (TPSA) is 35.2 Å². The van der Waals surface area contributed by atoms with Crippen molar-refractivity contribution in [2.45, 2.75) is 0 Å². The van der Waals surface area contributed by atoms with Crippen LogP contribution in [0, 0.1) is 11.6 Å². The van der Waals surface area contributed by atoms with Crippen molar-refractivity contribution in [2.24, 2.45) is 0 Å². The van der Waals surface area contributed by atoms with E-state index in [0.717, 1.165) is 6.07 Å². The molecule has 0 heterocycles. The van der Waals surface area contributed by atoms with Crippen molar-refractivity contribution in [1.29, 1.82) is 0 Å². The second kappa shape index (κ2) is 5.00. The van der Waals surface area contributed by atoms with Crippen molar-refractivity contribution in [2.75, 3.05) is 5.73 Å². The Morgan fingerprint density at radius 3 is 2.28 bits per heavy atom. The summed E-state index contributed by atoms with van der Waals surface area (Å²) < 4.78 is 31.6. The SMILES string of the molecule is Nc1cc(Cl)c(Oc2cccc(F)c2F)c(Cl)c1. The van der Waals surface area contributed by atoms with Gasteiger partial charge in [-0.15, -0.1) is 0 Å². The molecular weight excluding hydrogens is 283 g/mol. The lowest BCUT2D eigenvalue weighted by molar-refractivity contribution is 0.416. The molecule has 0 radical (unpaired) electrons. The number of hydrogen-bond donors (Lipinski definition) is 1. The zero-order valence-corrected chi connectivity index (χ0v) is 10.4. The Bertz CT molecular complexity index is 582. The molecule has 2 rings (SSSR count). The van der Waals surface area contributed by atoms with Gasteiger partial charge in [0.15, 0.2) is 17.3 Å². The Kier molecular flexibility index (Phi) is 3.59. The summed E-state index contributed by atoms with van der Waals surface area (Å²) in [6, 6.07) is 6.36. The van der Waals surface area contributed by atoms with Gasteiger partial charge in [-0.2, -0.15) is 4.39 Å². The molecule has 0 saturated carbocycles. The van der Waals surface area contributed by atoms with Gasteiger partial charge >= 0.3 is 0 Å². The Balaban J connectivity index is 2.43. The lowest BCUT2D eigenvalue weighted by Gasteiger charge is -2.11. The first-order chi connectivity index (χ1) is 8.49. The van der Waals surface area contributed by atoms with Crippen LogP contribution in [-0.2, 0) is 0 Å². The molecule has 0 aliphatic heterocycles. The number of nitrogen functional groups attached to an aromatic ring is 1. The zero-order valence-electron chi connectivity index (χ0n) is 8.88. The predicted molar refractivity (Wildman–Crippen MR) is 67.3 cm³/mol. The molecule has 0 amide bonds. The molecule has 2 aromatic rings. The fourth-order valence-corrected chi connectivity index (χ4v) is 1.93. The van der Waals surface area contributed by atoms with Gasteiger partial charge in [-0.3, -0.25) is 0 Å². The summed E-state index contributed by atoms with van der Waals surface area (Å²) in [6.07, 6.45) is 0. The molecule has 18 heavy (non-hydrogen) atoms. The highest BCUT2D eigenvalue weighted by atomic mass is 35.5. The molecule has 0 aliphatic rings. The van der Waals surface area contributed by atoms with Crippen LogP contribution in [0.4, 0.5) is 14.5 Å². The van der Waals surface area contributed by atoms with Crippen molar-refractivity contribution in [3.8, 4) is 11.5 Å². The summed E-state index contributed by atoms with van der Waals surface area (Å²) >= 11 is 11.7. The molecule has 6 heteroatoms. The van der Waals surface area contributed by atoms with Crippen LogP contribution >= 0.6 is 23.2 Å². The minimum atomic E-state index is -1.11. The Morgan fingerprint density at radius 2 is 1.67 bits per heavy atom. The van der Waals surface area contributed by atoms with E-state index in [1.54, 1.807) is 0 Å². The first-order valence-corrected chi connectivity index (χ1v) is 5.61. The quantitative estimate of drug-likeness (QED) is 0.817. The van der Waals surface area contributed by atoms with Gasteiger partial charge in [0, 0.05) is 5.69 Å². The molecular formula is C12H7Cl2F2NO. The van der Waals surface area contributed by atoms with Crippen LogP contribution in [0.5, 0.6) is 11.5 Å². The van der Waals surface area contributed by atoms with E-state index in [1.165, 1.54) is 24.3 Å². The Labute approximate surface area is 112 Å². The van der Waals surface area contributed by atoms with E-state index in [1.807, 2.05) is 0 Å². The summed E-state index contributed by atoms with van der Waals surface area (Å²) in [5, 5.41) is 0.229. The van der Waals surface area contributed by atoms with Crippen LogP contribution in [0.2, 0.25) is 10.0 Å². The van der Waals surface area contributed by atoms with Gasteiger partial charge in [-0.25, -0.2) is 4.39 Å². The summed E-state index contributed by atoms with van der Waals surface area (Å²) in [5.41, 5.74) is 5.86. The molecule has 0 unspecified atom stereocenters. The van der Waals surface area contributed by atoms with Crippen LogP contribution in [0.25, 0.3) is 0 Å². The number of ether oxygens (including phenoxy) is 1. The van der Waals surface area contributed by atoms with Crippen LogP contribution in [0.15, 0.2) is 30.3 Å². The van der Waals surface area contributed by atoms with E-state index >= 15 is 0 Å². The van der Waals surface area contributed by atoms with Crippen LogP contribution in [-0.4, -0.2) is 0 Å². The van der Waals surface area contributed by atoms with Crippen LogP contribution < -0.4 is 10.5 Å². The maximum Gasteiger partial charge on any atom is 0.201 e. The molecule has 0 bridgehead atoms. The average molecular weight is 290 g/mol. The maximum atomic E-state index is 13.4. The van der Waals surface area contributed by atoms with Gasteiger partial charge < -0.3 is 10.5 Å². The van der Waals surface area contributed by atoms with Gasteiger partial charge in [-0.05, 0) is 24.3 Å². The lowest BCUT2D eigenvalue weighted by atomic mass is 10.3. The maximum absolute atomic E-state index is 13.4. The molecule has 0 atom stereocenters. The third-order valence-electron chi connectivity index (χ3n) is 2.15. The van der Waals surface area contributed by atoms with E-state index in [9.17, 15) is 8.78 Å². The van der Waals surface area contributed by atoms with E-state index in [4.69, 9.17) is 33.7 Å². The number of rotatable bonds is 2. The molecule has 0 fully saturated rings. The van der Waals surface area contributed by atoms with Crippen molar-refractivity contribution in [1.82, 2.24) is 0 Å². The minimum absolute atomic E-state index is 0.0250. The fraction of sp³-hybridized carbons (Fsp3) is 0. The van der Waals surface area contributed by atoms with Gasteiger partial charge in [0.1, 0.15) is 0 Å².